The van der Waals surface area contributed by atoms with Gasteiger partial charge in [-0.15, -0.1) is 11.3 Å². The fourth-order valence-electron chi connectivity index (χ4n) is 3.36. The Bertz CT molecular complexity index is 1180. The van der Waals surface area contributed by atoms with Crippen molar-refractivity contribution in [2.24, 2.45) is 0 Å². The van der Waals surface area contributed by atoms with Crippen molar-refractivity contribution in [3.8, 4) is 5.75 Å². The molecular weight excluding hydrogens is 420 g/mol. The van der Waals surface area contributed by atoms with Crippen LogP contribution in [-0.2, 0) is 14.6 Å². The predicted octanol–water partition coefficient (Wildman–Crippen LogP) is 4.34. The number of nitrogens with one attached hydrogen (secondary N) is 1. The van der Waals surface area contributed by atoms with Crippen LogP contribution in [-0.4, -0.2) is 21.4 Å². The summed E-state index contributed by atoms with van der Waals surface area (Å²) >= 11 is 1.05. The smallest absolute Gasteiger partial charge is 0.225 e. The first-order valence-corrected chi connectivity index (χ1v) is 10.9. The van der Waals surface area contributed by atoms with Crippen LogP contribution >= 0.6 is 11.3 Å². The van der Waals surface area contributed by atoms with Crippen molar-refractivity contribution in [2.45, 2.75) is 22.1 Å². The zero-order valence-corrected chi connectivity index (χ0v) is 16.7. The molecule has 0 unspecified atom stereocenters. The Labute approximate surface area is 169 Å². The molecule has 0 bridgehead atoms. The molecule has 1 atom stereocenters. The minimum atomic E-state index is -3.96. The number of ether oxygens (including phenoxy) is 1. The monoisotopic (exact) mass is 435 g/mol. The molecule has 9 heteroatoms. The van der Waals surface area contributed by atoms with Gasteiger partial charge in [-0.1, -0.05) is 6.07 Å². The molecule has 0 fully saturated rings. The van der Waals surface area contributed by atoms with Crippen LogP contribution in [0.3, 0.4) is 0 Å². The number of carbonyl (C=O) groups is 1. The van der Waals surface area contributed by atoms with E-state index in [2.05, 4.69) is 5.32 Å². The van der Waals surface area contributed by atoms with E-state index in [-0.39, 0.29) is 27.5 Å². The largest absolute Gasteiger partial charge is 0.497 e. The number of sulfone groups is 1. The fourth-order valence-corrected chi connectivity index (χ4v) is 6.25. The van der Waals surface area contributed by atoms with Gasteiger partial charge in [0.1, 0.15) is 22.3 Å². The van der Waals surface area contributed by atoms with E-state index >= 15 is 0 Å². The highest BCUT2D eigenvalue weighted by molar-refractivity contribution is 7.91. The zero-order chi connectivity index (χ0) is 20.8. The number of benzene rings is 2. The summed E-state index contributed by atoms with van der Waals surface area (Å²) in [5, 5.41) is 3.96. The van der Waals surface area contributed by atoms with Gasteiger partial charge >= 0.3 is 0 Å². The van der Waals surface area contributed by atoms with Gasteiger partial charge in [-0.25, -0.2) is 17.2 Å². The summed E-state index contributed by atoms with van der Waals surface area (Å²) in [7, 11) is -2.49. The Hall–Kier alpha value is -2.78. The molecule has 1 aliphatic heterocycles. The summed E-state index contributed by atoms with van der Waals surface area (Å²) in [6, 6.07) is 9.31. The average molecular weight is 435 g/mol. The highest BCUT2D eigenvalue weighted by Crippen LogP contribution is 2.46. The third-order valence-corrected chi connectivity index (χ3v) is 7.80. The molecular formula is C20H15F2NO4S2. The third kappa shape index (κ3) is 3.30. The van der Waals surface area contributed by atoms with Crippen LogP contribution in [0.25, 0.3) is 0 Å². The highest BCUT2D eigenvalue weighted by Gasteiger charge is 2.36. The molecule has 2 heterocycles. The van der Waals surface area contributed by atoms with E-state index in [4.69, 9.17) is 4.74 Å². The summed E-state index contributed by atoms with van der Waals surface area (Å²) in [6.07, 6.45) is -0.173. The van der Waals surface area contributed by atoms with E-state index in [1.165, 1.54) is 42.8 Å². The number of fused-ring (bicyclic) bond motifs is 1. The Balaban J connectivity index is 1.84. The van der Waals surface area contributed by atoms with Crippen molar-refractivity contribution in [3.05, 3.63) is 69.9 Å². The topological polar surface area (TPSA) is 72.5 Å². The van der Waals surface area contributed by atoms with E-state index in [1.807, 2.05) is 0 Å². The van der Waals surface area contributed by atoms with Crippen LogP contribution in [0.2, 0.25) is 0 Å². The molecule has 3 aromatic rings. The van der Waals surface area contributed by atoms with Crippen LogP contribution in [0.4, 0.5) is 14.5 Å². The van der Waals surface area contributed by atoms with Gasteiger partial charge in [0, 0.05) is 28.2 Å². The summed E-state index contributed by atoms with van der Waals surface area (Å²) in [5.41, 5.74) is -0.159. The molecule has 0 saturated carbocycles. The second-order valence-electron chi connectivity index (χ2n) is 6.46. The number of hydrogen-bond acceptors (Lipinski definition) is 5. The molecule has 2 aromatic carbocycles. The van der Waals surface area contributed by atoms with Crippen LogP contribution < -0.4 is 10.1 Å². The molecule has 5 nitrogen and oxygen atoms in total. The molecule has 0 saturated heterocycles. The molecule has 1 aromatic heterocycles. The maximum Gasteiger partial charge on any atom is 0.225 e. The van der Waals surface area contributed by atoms with Gasteiger partial charge < -0.3 is 10.1 Å². The first-order chi connectivity index (χ1) is 13.8. The predicted molar refractivity (Wildman–Crippen MR) is 104 cm³/mol. The molecule has 1 amide bonds. The Morgan fingerprint density at radius 1 is 1.10 bits per heavy atom. The van der Waals surface area contributed by atoms with Crippen molar-refractivity contribution in [1.29, 1.82) is 0 Å². The number of hydrogen-bond donors (Lipinski definition) is 1. The number of halogens is 2. The number of carbonyl (C=O) groups excluding carboxylic acids is 1. The average Bonchev–Trinajstić information content (AvgIpc) is 3.12. The fraction of sp³-hybridized carbons (Fsp3) is 0.150. The van der Waals surface area contributed by atoms with Crippen LogP contribution in [0.5, 0.6) is 5.75 Å². The van der Waals surface area contributed by atoms with E-state index in [0.717, 1.165) is 23.5 Å². The third-order valence-electron chi connectivity index (χ3n) is 4.76. The Morgan fingerprint density at radius 3 is 2.38 bits per heavy atom. The van der Waals surface area contributed by atoms with Gasteiger partial charge in [0.15, 0.2) is 0 Å². The molecule has 4 rings (SSSR count). The van der Waals surface area contributed by atoms with Crippen molar-refractivity contribution < 1.29 is 26.7 Å². The van der Waals surface area contributed by atoms with Gasteiger partial charge in [-0.3, -0.25) is 4.79 Å². The van der Waals surface area contributed by atoms with Gasteiger partial charge in [0.05, 0.1) is 17.7 Å². The van der Waals surface area contributed by atoms with Crippen molar-refractivity contribution in [2.75, 3.05) is 12.4 Å². The lowest BCUT2D eigenvalue weighted by Gasteiger charge is -2.24. The number of thiophene rings is 1. The lowest BCUT2D eigenvalue weighted by molar-refractivity contribution is -0.116. The number of anilines is 1. The van der Waals surface area contributed by atoms with Crippen molar-refractivity contribution in [1.82, 2.24) is 0 Å². The number of rotatable bonds is 4. The summed E-state index contributed by atoms with van der Waals surface area (Å²) in [5.74, 6) is -2.45. The quantitative estimate of drug-likeness (QED) is 0.662. The molecule has 1 N–H and O–H groups in total. The Morgan fingerprint density at radius 2 is 1.76 bits per heavy atom. The first-order valence-electron chi connectivity index (χ1n) is 8.57. The maximum absolute atomic E-state index is 14.3. The molecule has 0 aliphatic carbocycles. The molecule has 0 spiro atoms. The molecule has 1 aliphatic rings. The standard InChI is InChI=1S/C20H15F2NO4S2/c1-27-11-5-7-12(8-6-11)29(25,26)16-10-28-20-13(9-17(24)23-19(16)20)18-14(21)3-2-4-15(18)22/h2-8,10,13H,9H2,1H3,(H,23,24)/t13-/m0/s1. The van der Waals surface area contributed by atoms with Crippen molar-refractivity contribution >= 4 is 32.8 Å². The highest BCUT2D eigenvalue weighted by atomic mass is 32.2. The minimum Gasteiger partial charge on any atom is -0.497 e. The van der Waals surface area contributed by atoms with Gasteiger partial charge in [0.25, 0.3) is 0 Å². The van der Waals surface area contributed by atoms with Gasteiger partial charge in [-0.2, -0.15) is 0 Å². The maximum atomic E-state index is 14.3. The SMILES string of the molecule is COc1ccc(S(=O)(=O)c2csc3c2NC(=O)C[C@H]3c2c(F)cccc2F)cc1. The lowest BCUT2D eigenvalue weighted by atomic mass is 9.90. The van der Waals surface area contributed by atoms with Crippen LogP contribution in [0.15, 0.2) is 57.6 Å². The second-order valence-corrected chi connectivity index (χ2v) is 9.29. The van der Waals surface area contributed by atoms with E-state index in [9.17, 15) is 22.0 Å². The molecule has 29 heavy (non-hydrogen) atoms. The van der Waals surface area contributed by atoms with Gasteiger partial charge in [0.2, 0.25) is 15.7 Å². The number of amides is 1. The number of methoxy groups -OCH3 is 1. The van der Waals surface area contributed by atoms with Crippen LogP contribution in [0.1, 0.15) is 22.8 Å². The van der Waals surface area contributed by atoms with Crippen LogP contribution in [0, 0.1) is 11.6 Å². The van der Waals surface area contributed by atoms with E-state index in [0.29, 0.717) is 10.6 Å². The first kappa shape index (κ1) is 19.5. The summed E-state index contributed by atoms with van der Waals surface area (Å²) in [6.45, 7) is 0. The Kier molecular flexibility index (Phi) is 4.87. The molecule has 0 radical (unpaired) electrons. The summed E-state index contributed by atoms with van der Waals surface area (Å²) in [4.78, 5) is 12.6. The molecule has 150 valence electrons. The normalized spacial score (nSPS) is 16.2. The van der Waals surface area contributed by atoms with E-state index < -0.39 is 33.3 Å². The van der Waals surface area contributed by atoms with Crippen molar-refractivity contribution in [3.63, 3.8) is 0 Å². The lowest BCUT2D eigenvalue weighted by Crippen LogP contribution is -2.24. The second kappa shape index (κ2) is 7.23. The minimum absolute atomic E-state index is 0.0207. The zero-order valence-electron chi connectivity index (χ0n) is 15.1. The summed E-state index contributed by atoms with van der Waals surface area (Å²) < 4.78 is 59.9. The van der Waals surface area contributed by atoms with Gasteiger partial charge in [-0.05, 0) is 36.4 Å². The van der Waals surface area contributed by atoms with E-state index in [1.54, 1.807) is 0 Å².